The number of fused-ring (bicyclic) bond motifs is 3. The molecule has 0 amide bonds. The first-order valence-electron chi connectivity index (χ1n) is 12.6. The molecule has 3 atom stereocenters. The molecule has 0 radical (unpaired) electrons. The molecule has 0 unspecified atom stereocenters. The van der Waals surface area contributed by atoms with Crippen molar-refractivity contribution in [2.45, 2.75) is 71.1 Å². The second kappa shape index (κ2) is 9.05. The maximum atomic E-state index is 12.9. The summed E-state index contributed by atoms with van der Waals surface area (Å²) in [5, 5.41) is 3.92. The summed E-state index contributed by atoms with van der Waals surface area (Å²) in [5.41, 5.74) is 7.06. The maximum Gasteiger partial charge on any atom is 0.311 e. The highest BCUT2D eigenvalue weighted by Gasteiger charge is 2.55. The highest BCUT2D eigenvalue weighted by molar-refractivity contribution is 7.13. The van der Waals surface area contributed by atoms with Gasteiger partial charge in [0.1, 0.15) is 5.01 Å². The van der Waals surface area contributed by atoms with E-state index in [9.17, 15) is 4.79 Å². The summed E-state index contributed by atoms with van der Waals surface area (Å²) >= 11 is 7.77. The highest BCUT2D eigenvalue weighted by Crippen LogP contribution is 2.58. The number of benzene rings is 2. The van der Waals surface area contributed by atoms with Gasteiger partial charge < -0.3 is 4.74 Å². The molecule has 35 heavy (non-hydrogen) atoms. The van der Waals surface area contributed by atoms with Gasteiger partial charge in [-0.1, -0.05) is 57.0 Å². The lowest BCUT2D eigenvalue weighted by atomic mass is 9.49. The summed E-state index contributed by atoms with van der Waals surface area (Å²) in [6.45, 7) is 9.04. The van der Waals surface area contributed by atoms with E-state index in [4.69, 9.17) is 21.3 Å². The number of carbonyl (C=O) groups excluding carboxylic acids is 1. The average molecular weight is 508 g/mol. The molecule has 1 aromatic heterocycles. The van der Waals surface area contributed by atoms with Crippen molar-refractivity contribution in [3.8, 4) is 21.8 Å². The van der Waals surface area contributed by atoms with Gasteiger partial charge in [-0.25, -0.2) is 4.98 Å². The molecule has 0 aliphatic heterocycles. The molecule has 2 aliphatic rings. The number of rotatable bonds is 4. The Morgan fingerprint density at radius 2 is 1.91 bits per heavy atom. The monoisotopic (exact) mass is 507 g/mol. The number of aryl methyl sites for hydroxylation is 1. The number of halogens is 1. The van der Waals surface area contributed by atoms with Gasteiger partial charge in [-0.15, -0.1) is 11.3 Å². The zero-order valence-corrected chi connectivity index (χ0v) is 22.9. The molecule has 3 nitrogen and oxygen atoms in total. The number of ether oxygens (including phenoxy) is 1. The van der Waals surface area contributed by atoms with E-state index < -0.39 is 5.41 Å². The van der Waals surface area contributed by atoms with E-state index in [1.165, 1.54) is 29.4 Å². The second-order valence-corrected chi connectivity index (χ2v) is 12.4. The van der Waals surface area contributed by atoms with Crippen molar-refractivity contribution in [2.24, 2.45) is 11.3 Å². The van der Waals surface area contributed by atoms with Crippen LogP contribution in [0, 0.1) is 11.3 Å². The van der Waals surface area contributed by atoms with Crippen LogP contribution in [-0.2, 0) is 21.4 Å². The number of methoxy groups -OCH3 is 1. The van der Waals surface area contributed by atoms with Crippen molar-refractivity contribution in [3.05, 3.63) is 63.5 Å². The molecular formula is C30H34ClNO2S. The van der Waals surface area contributed by atoms with E-state index in [1.807, 2.05) is 24.3 Å². The van der Waals surface area contributed by atoms with Crippen LogP contribution in [0.4, 0.5) is 0 Å². The van der Waals surface area contributed by atoms with Gasteiger partial charge in [0.05, 0.1) is 18.2 Å². The molecule has 1 heterocycles. The van der Waals surface area contributed by atoms with E-state index >= 15 is 0 Å². The van der Waals surface area contributed by atoms with E-state index in [1.54, 1.807) is 11.3 Å². The molecule has 0 spiro atoms. The van der Waals surface area contributed by atoms with E-state index in [0.717, 1.165) is 53.4 Å². The molecule has 0 saturated heterocycles. The third kappa shape index (κ3) is 4.03. The van der Waals surface area contributed by atoms with Crippen molar-refractivity contribution in [3.63, 3.8) is 0 Å². The van der Waals surface area contributed by atoms with E-state index in [0.29, 0.717) is 5.92 Å². The molecular weight excluding hydrogens is 474 g/mol. The van der Waals surface area contributed by atoms with Gasteiger partial charge in [0.2, 0.25) is 0 Å². The Labute approximate surface area is 217 Å². The maximum absolute atomic E-state index is 12.9. The second-order valence-electron chi connectivity index (χ2n) is 11.1. The van der Waals surface area contributed by atoms with Gasteiger partial charge in [0.15, 0.2) is 0 Å². The van der Waals surface area contributed by atoms with Crippen LogP contribution in [0.3, 0.4) is 0 Å². The molecule has 3 aromatic rings. The first kappa shape index (κ1) is 24.5. The van der Waals surface area contributed by atoms with Crippen LogP contribution < -0.4 is 0 Å². The summed E-state index contributed by atoms with van der Waals surface area (Å²) in [7, 11) is 1.53. The first-order chi connectivity index (χ1) is 16.7. The largest absolute Gasteiger partial charge is 0.469 e. The fourth-order valence-corrected chi connectivity index (χ4v) is 7.79. The number of esters is 1. The fraction of sp³-hybridized carbons (Fsp3) is 0.467. The minimum absolute atomic E-state index is 0.0476. The van der Waals surface area contributed by atoms with Crippen LogP contribution in [0.2, 0.25) is 5.02 Å². The van der Waals surface area contributed by atoms with Gasteiger partial charge in [-0.05, 0) is 84.7 Å². The normalized spacial score (nSPS) is 25.7. The number of carbonyl (C=O) groups is 1. The molecule has 184 valence electrons. The van der Waals surface area contributed by atoms with Crippen molar-refractivity contribution < 1.29 is 9.53 Å². The van der Waals surface area contributed by atoms with Crippen molar-refractivity contribution in [1.82, 2.24) is 4.98 Å². The summed E-state index contributed by atoms with van der Waals surface area (Å²) < 4.78 is 5.31. The highest BCUT2D eigenvalue weighted by atomic mass is 35.5. The topological polar surface area (TPSA) is 39.2 Å². The minimum atomic E-state index is -0.432. The first-order valence-corrected chi connectivity index (χ1v) is 13.9. The van der Waals surface area contributed by atoms with Crippen LogP contribution in [0.1, 0.15) is 76.0 Å². The number of nitrogens with zero attached hydrogens (tertiary/aromatic N) is 1. The number of aromatic nitrogens is 1. The van der Waals surface area contributed by atoms with Crippen LogP contribution in [0.5, 0.6) is 0 Å². The Morgan fingerprint density at radius 3 is 2.60 bits per heavy atom. The molecule has 5 rings (SSSR count). The molecule has 0 N–H and O–H groups in total. The Hall–Kier alpha value is -2.17. The Kier molecular flexibility index (Phi) is 6.34. The third-order valence-corrected chi connectivity index (χ3v) is 9.81. The van der Waals surface area contributed by atoms with Crippen molar-refractivity contribution in [2.75, 3.05) is 7.11 Å². The quantitative estimate of drug-likeness (QED) is 0.332. The zero-order valence-electron chi connectivity index (χ0n) is 21.3. The summed E-state index contributed by atoms with van der Waals surface area (Å²) in [6.07, 6.45) is 5.09. The summed E-state index contributed by atoms with van der Waals surface area (Å²) in [4.78, 5) is 18.0. The zero-order chi connectivity index (χ0) is 25.0. The van der Waals surface area contributed by atoms with E-state index in [-0.39, 0.29) is 17.3 Å². The smallest absolute Gasteiger partial charge is 0.311 e. The molecule has 1 saturated carbocycles. The van der Waals surface area contributed by atoms with Gasteiger partial charge in [0, 0.05) is 21.5 Å². The Balaban J connectivity index is 1.62. The van der Waals surface area contributed by atoms with Crippen molar-refractivity contribution >= 4 is 28.9 Å². The standard InChI is InChI=1S/C30H34ClNO2S/c1-18(2)22-15-20-9-12-26-29(3,13-6-14-30(26,4)28(33)34-5)24(20)16-23(22)25-17-35-27(32-25)19-7-10-21(31)11-8-19/h7-8,10-11,15-18,26H,6,9,12-14H2,1-5H3/t26-,29-,30-/m1/s1. The minimum Gasteiger partial charge on any atom is -0.469 e. The number of thiazole rings is 1. The summed E-state index contributed by atoms with van der Waals surface area (Å²) in [5.74, 6) is 0.623. The van der Waals surface area contributed by atoms with Crippen LogP contribution >= 0.6 is 22.9 Å². The van der Waals surface area contributed by atoms with Gasteiger partial charge >= 0.3 is 5.97 Å². The average Bonchev–Trinajstić information content (AvgIpc) is 3.33. The van der Waals surface area contributed by atoms with Crippen molar-refractivity contribution in [1.29, 1.82) is 0 Å². The molecule has 0 bridgehead atoms. The Bertz CT molecular complexity index is 1260. The van der Waals surface area contributed by atoms with Crippen LogP contribution in [0.25, 0.3) is 21.8 Å². The summed E-state index contributed by atoms with van der Waals surface area (Å²) in [6, 6.07) is 12.7. The van der Waals surface area contributed by atoms with Crippen LogP contribution in [0.15, 0.2) is 41.8 Å². The van der Waals surface area contributed by atoms with Gasteiger partial charge in [-0.3, -0.25) is 4.79 Å². The lowest BCUT2D eigenvalue weighted by molar-refractivity contribution is -0.161. The van der Waals surface area contributed by atoms with Gasteiger partial charge in [-0.2, -0.15) is 0 Å². The molecule has 2 aromatic carbocycles. The molecule has 5 heteroatoms. The van der Waals surface area contributed by atoms with Gasteiger partial charge in [0.25, 0.3) is 0 Å². The molecule has 2 aliphatic carbocycles. The SMILES string of the molecule is COC(=O)[C@]1(C)CCC[C@]2(C)c3cc(-c4csc(-c5ccc(Cl)cc5)n4)c(C(C)C)cc3CC[C@@H]12. The molecule has 1 fully saturated rings. The lowest BCUT2D eigenvalue weighted by Gasteiger charge is -2.54. The third-order valence-electron chi connectivity index (χ3n) is 8.67. The lowest BCUT2D eigenvalue weighted by Crippen LogP contribution is -2.52. The number of hydrogen-bond acceptors (Lipinski definition) is 4. The predicted molar refractivity (Wildman–Crippen MR) is 145 cm³/mol. The Morgan fingerprint density at radius 1 is 1.17 bits per heavy atom. The van der Waals surface area contributed by atoms with E-state index in [2.05, 4.69) is 45.2 Å². The predicted octanol–water partition coefficient (Wildman–Crippen LogP) is 8.44. The fourth-order valence-electron chi connectivity index (χ4n) is 6.84. The number of hydrogen-bond donors (Lipinski definition) is 0. The van der Waals surface area contributed by atoms with Crippen LogP contribution in [-0.4, -0.2) is 18.1 Å².